The second-order valence-electron chi connectivity index (χ2n) is 4.27. The van der Waals surface area contributed by atoms with Gasteiger partial charge in [-0.05, 0) is 24.6 Å². The molecule has 1 aromatic rings. The molecule has 112 valence electrons. The fourth-order valence-electron chi connectivity index (χ4n) is 1.60. The number of likely N-dealkylation sites (N-methyl/N-ethyl adjacent to an activating group) is 1. The molecule has 0 unspecified atom stereocenters. The largest absolute Gasteiger partial charge is 0.573 e. The lowest BCUT2D eigenvalue weighted by Gasteiger charge is -2.21. The highest BCUT2D eigenvalue weighted by atomic mass is 19.4. The van der Waals surface area contributed by atoms with Crippen LogP contribution >= 0.6 is 0 Å². The molecule has 1 amide bonds. The van der Waals surface area contributed by atoms with Crippen LogP contribution in [-0.2, 0) is 16.1 Å². The van der Waals surface area contributed by atoms with Gasteiger partial charge in [0.1, 0.15) is 11.9 Å². The maximum Gasteiger partial charge on any atom is 0.573 e. The van der Waals surface area contributed by atoms with Gasteiger partial charge in [0.25, 0.3) is 5.91 Å². The van der Waals surface area contributed by atoms with E-state index in [0.717, 1.165) is 0 Å². The second kappa shape index (κ2) is 6.60. The lowest BCUT2D eigenvalue weighted by atomic mass is 10.2. The van der Waals surface area contributed by atoms with Gasteiger partial charge in [-0.2, -0.15) is 0 Å². The van der Waals surface area contributed by atoms with Crippen LogP contribution in [0.25, 0.3) is 0 Å². The van der Waals surface area contributed by atoms with E-state index in [1.165, 1.54) is 30.2 Å². The van der Waals surface area contributed by atoms with Crippen LogP contribution in [0.1, 0.15) is 12.5 Å². The predicted molar refractivity (Wildman–Crippen MR) is 66.1 cm³/mol. The summed E-state index contributed by atoms with van der Waals surface area (Å²) in [5.41, 5.74) is 0.533. The number of rotatable bonds is 5. The highest BCUT2D eigenvalue weighted by Crippen LogP contribution is 2.23. The molecule has 1 aromatic carbocycles. The van der Waals surface area contributed by atoms with Crippen molar-refractivity contribution in [2.24, 2.45) is 0 Å². The SMILES string of the molecule is CO[C@H](C)C(=O)N(C)Cc1cccc(OC(F)(F)F)c1. The minimum atomic E-state index is -4.73. The number of ether oxygens (including phenoxy) is 2. The van der Waals surface area contributed by atoms with Crippen LogP contribution in [0.15, 0.2) is 24.3 Å². The van der Waals surface area contributed by atoms with E-state index in [4.69, 9.17) is 4.74 Å². The van der Waals surface area contributed by atoms with E-state index in [1.54, 1.807) is 20.0 Å². The van der Waals surface area contributed by atoms with Gasteiger partial charge in [0.2, 0.25) is 0 Å². The molecule has 0 spiro atoms. The zero-order valence-electron chi connectivity index (χ0n) is 11.4. The molecule has 0 saturated heterocycles. The van der Waals surface area contributed by atoms with E-state index in [-0.39, 0.29) is 18.2 Å². The molecule has 0 N–H and O–H groups in total. The summed E-state index contributed by atoms with van der Waals surface area (Å²) < 4.78 is 45.1. The van der Waals surface area contributed by atoms with Crippen molar-refractivity contribution in [3.8, 4) is 5.75 Å². The van der Waals surface area contributed by atoms with Gasteiger partial charge < -0.3 is 14.4 Å². The van der Waals surface area contributed by atoms with Crippen LogP contribution in [0.2, 0.25) is 0 Å². The van der Waals surface area contributed by atoms with Gasteiger partial charge in [-0.3, -0.25) is 4.79 Å². The van der Waals surface area contributed by atoms with E-state index < -0.39 is 12.5 Å². The van der Waals surface area contributed by atoms with Crippen LogP contribution in [-0.4, -0.2) is 37.4 Å². The standard InChI is InChI=1S/C13H16F3NO3/c1-9(19-3)12(18)17(2)8-10-5-4-6-11(7-10)20-13(14,15)16/h4-7,9H,8H2,1-3H3/t9-/m1/s1. The van der Waals surface area contributed by atoms with Crippen molar-refractivity contribution in [1.82, 2.24) is 4.90 Å². The van der Waals surface area contributed by atoms with Crippen molar-refractivity contribution in [3.05, 3.63) is 29.8 Å². The fourth-order valence-corrected chi connectivity index (χ4v) is 1.60. The second-order valence-corrected chi connectivity index (χ2v) is 4.27. The minimum absolute atomic E-state index is 0.168. The molecule has 7 heteroatoms. The van der Waals surface area contributed by atoms with Gasteiger partial charge in [-0.25, -0.2) is 0 Å². The molecule has 0 aliphatic rings. The molecule has 0 radical (unpaired) electrons. The van der Waals surface area contributed by atoms with Crippen molar-refractivity contribution < 1.29 is 27.4 Å². The number of carbonyl (C=O) groups is 1. The maximum atomic E-state index is 12.1. The molecule has 0 aromatic heterocycles. The molecule has 0 aliphatic carbocycles. The molecule has 0 bridgehead atoms. The van der Waals surface area contributed by atoms with Crippen LogP contribution < -0.4 is 4.74 Å². The number of benzene rings is 1. The molecule has 1 atom stereocenters. The topological polar surface area (TPSA) is 38.8 Å². The highest BCUT2D eigenvalue weighted by molar-refractivity contribution is 5.80. The first-order chi connectivity index (χ1) is 9.23. The summed E-state index contributed by atoms with van der Waals surface area (Å²) in [5.74, 6) is -0.565. The van der Waals surface area contributed by atoms with Crippen molar-refractivity contribution in [2.45, 2.75) is 25.9 Å². The Balaban J connectivity index is 2.73. The monoisotopic (exact) mass is 291 g/mol. The fraction of sp³-hybridized carbons (Fsp3) is 0.462. The highest BCUT2D eigenvalue weighted by Gasteiger charge is 2.31. The van der Waals surface area contributed by atoms with E-state index in [0.29, 0.717) is 5.56 Å². The Morgan fingerprint density at radius 3 is 2.60 bits per heavy atom. The number of amides is 1. The number of methoxy groups -OCH3 is 1. The van der Waals surface area contributed by atoms with E-state index in [2.05, 4.69) is 4.74 Å². The molecule has 0 aliphatic heterocycles. The summed E-state index contributed by atoms with van der Waals surface area (Å²) in [6.45, 7) is 1.77. The lowest BCUT2D eigenvalue weighted by molar-refractivity contribution is -0.274. The van der Waals surface area contributed by atoms with Gasteiger partial charge in [0.15, 0.2) is 0 Å². The predicted octanol–water partition coefficient (Wildman–Crippen LogP) is 2.58. The summed E-state index contributed by atoms with van der Waals surface area (Å²) in [4.78, 5) is 13.2. The van der Waals surface area contributed by atoms with Crippen molar-refractivity contribution in [3.63, 3.8) is 0 Å². The van der Waals surface area contributed by atoms with Crippen LogP contribution in [0.3, 0.4) is 0 Å². The van der Waals surface area contributed by atoms with Gasteiger partial charge in [0.05, 0.1) is 0 Å². The first-order valence-corrected chi connectivity index (χ1v) is 5.85. The Morgan fingerprint density at radius 1 is 1.40 bits per heavy atom. The minimum Gasteiger partial charge on any atom is -0.406 e. The van der Waals surface area contributed by atoms with Gasteiger partial charge >= 0.3 is 6.36 Å². The van der Waals surface area contributed by atoms with Crippen molar-refractivity contribution >= 4 is 5.91 Å². The number of halogens is 3. The van der Waals surface area contributed by atoms with Crippen LogP contribution in [0, 0.1) is 0 Å². The van der Waals surface area contributed by atoms with E-state index in [9.17, 15) is 18.0 Å². The number of hydrogen-bond acceptors (Lipinski definition) is 3. The Hall–Kier alpha value is -1.76. The summed E-state index contributed by atoms with van der Waals surface area (Å²) >= 11 is 0. The summed E-state index contributed by atoms with van der Waals surface area (Å²) in [6.07, 6.45) is -5.33. The quantitative estimate of drug-likeness (QED) is 0.837. The van der Waals surface area contributed by atoms with Crippen LogP contribution in [0.5, 0.6) is 5.75 Å². The summed E-state index contributed by atoms with van der Waals surface area (Å²) in [5, 5.41) is 0. The Bertz CT molecular complexity index is 462. The molecule has 20 heavy (non-hydrogen) atoms. The third-order valence-corrected chi connectivity index (χ3v) is 2.63. The number of alkyl halides is 3. The average Bonchev–Trinajstić information content (AvgIpc) is 2.35. The van der Waals surface area contributed by atoms with Crippen molar-refractivity contribution in [1.29, 1.82) is 0 Å². The Morgan fingerprint density at radius 2 is 2.05 bits per heavy atom. The van der Waals surface area contributed by atoms with Gasteiger partial charge in [0, 0.05) is 20.7 Å². The third-order valence-electron chi connectivity index (χ3n) is 2.63. The zero-order valence-corrected chi connectivity index (χ0v) is 11.4. The van der Waals surface area contributed by atoms with E-state index >= 15 is 0 Å². The molecular weight excluding hydrogens is 275 g/mol. The number of carbonyl (C=O) groups excluding carboxylic acids is 1. The third kappa shape index (κ3) is 5.08. The number of nitrogens with zero attached hydrogens (tertiary/aromatic N) is 1. The normalized spacial score (nSPS) is 12.9. The van der Waals surface area contributed by atoms with Crippen LogP contribution in [0.4, 0.5) is 13.2 Å². The molecule has 0 saturated carbocycles. The summed E-state index contributed by atoms with van der Waals surface area (Å²) in [7, 11) is 2.96. The molecule has 4 nitrogen and oxygen atoms in total. The molecule has 0 heterocycles. The smallest absolute Gasteiger partial charge is 0.406 e. The zero-order chi connectivity index (χ0) is 15.3. The Kier molecular flexibility index (Phi) is 5.38. The maximum absolute atomic E-state index is 12.1. The van der Waals surface area contributed by atoms with E-state index in [1.807, 2.05) is 0 Å². The first-order valence-electron chi connectivity index (χ1n) is 5.85. The number of hydrogen-bond donors (Lipinski definition) is 0. The molecule has 0 fully saturated rings. The van der Waals surface area contributed by atoms with Gasteiger partial charge in [-0.15, -0.1) is 13.2 Å². The lowest BCUT2D eigenvalue weighted by Crippen LogP contribution is -2.35. The average molecular weight is 291 g/mol. The molecular formula is C13H16F3NO3. The first kappa shape index (κ1) is 16.3. The summed E-state index contributed by atoms with van der Waals surface area (Å²) in [6, 6.07) is 5.50. The van der Waals surface area contributed by atoms with Crippen molar-refractivity contribution in [2.75, 3.05) is 14.2 Å². The van der Waals surface area contributed by atoms with Gasteiger partial charge in [-0.1, -0.05) is 12.1 Å². The molecule has 1 rings (SSSR count). The Labute approximate surface area is 115 Å².